The number of nitrogens with two attached hydrogens (primary N) is 1. The van der Waals surface area contributed by atoms with Gasteiger partial charge < -0.3 is 20.8 Å². The van der Waals surface area contributed by atoms with Crippen molar-refractivity contribution in [2.75, 3.05) is 18.5 Å². The Hall–Kier alpha value is -3.15. The maximum Gasteiger partial charge on any atom is 0.261 e. The monoisotopic (exact) mass is 392 g/mol. The van der Waals surface area contributed by atoms with E-state index >= 15 is 0 Å². The number of anilines is 2. The van der Waals surface area contributed by atoms with Crippen LogP contribution in [-0.4, -0.2) is 28.0 Å². The molecular formula is C21H24N6O2. The van der Waals surface area contributed by atoms with Gasteiger partial charge in [-0.2, -0.15) is 10.4 Å². The molecule has 1 unspecified atom stereocenters. The van der Waals surface area contributed by atoms with Gasteiger partial charge in [0.05, 0.1) is 30.2 Å². The molecule has 1 saturated heterocycles. The van der Waals surface area contributed by atoms with Crippen LogP contribution < -0.4 is 16.6 Å². The Morgan fingerprint density at radius 2 is 2.10 bits per heavy atom. The number of H-pyrrole nitrogens is 1. The highest BCUT2D eigenvalue weighted by atomic mass is 16.5. The number of ether oxygens (including phenoxy) is 1. The molecular weight excluding hydrogens is 368 g/mol. The zero-order valence-corrected chi connectivity index (χ0v) is 16.5. The number of nitriles is 1. The number of pyridine rings is 1. The quantitative estimate of drug-likeness (QED) is 0.628. The molecule has 3 aromatic rings. The maximum atomic E-state index is 12.6. The minimum absolute atomic E-state index is 0.218. The van der Waals surface area contributed by atoms with Gasteiger partial charge >= 0.3 is 0 Å². The van der Waals surface area contributed by atoms with Crippen molar-refractivity contribution in [1.29, 1.82) is 5.26 Å². The van der Waals surface area contributed by atoms with Crippen molar-refractivity contribution in [2.24, 2.45) is 11.7 Å². The summed E-state index contributed by atoms with van der Waals surface area (Å²) < 4.78 is 7.34. The third kappa shape index (κ3) is 3.62. The van der Waals surface area contributed by atoms with Gasteiger partial charge in [0.2, 0.25) is 0 Å². The molecule has 8 heteroatoms. The molecule has 0 spiro atoms. The van der Waals surface area contributed by atoms with Gasteiger partial charge in [0, 0.05) is 24.0 Å². The number of aromatic amines is 1. The number of nitrogens with one attached hydrogen (secondary N) is 2. The average Bonchev–Trinajstić information content (AvgIpc) is 3.07. The summed E-state index contributed by atoms with van der Waals surface area (Å²) in [5, 5.41) is 17.9. The molecule has 0 saturated carbocycles. The Bertz CT molecular complexity index is 1120. The van der Waals surface area contributed by atoms with Crippen LogP contribution in [0, 0.1) is 17.2 Å². The van der Waals surface area contributed by atoms with Crippen LogP contribution in [0.5, 0.6) is 0 Å². The zero-order chi connectivity index (χ0) is 20.6. The molecule has 3 heterocycles. The van der Waals surface area contributed by atoms with Crippen LogP contribution in [0.1, 0.15) is 31.9 Å². The van der Waals surface area contributed by atoms with E-state index in [0.29, 0.717) is 36.4 Å². The van der Waals surface area contributed by atoms with Crippen LogP contribution in [0.25, 0.3) is 10.9 Å². The van der Waals surface area contributed by atoms with Crippen molar-refractivity contribution in [2.45, 2.75) is 31.8 Å². The van der Waals surface area contributed by atoms with E-state index in [9.17, 15) is 10.1 Å². The Morgan fingerprint density at radius 1 is 1.34 bits per heavy atom. The SMILES string of the molecule is CC(C)(N)c1ccc(Nc2nn([C@H]3COCCC3C#N)c3cc[nH]c(=O)c23)cc1. The minimum Gasteiger partial charge on any atom is -0.379 e. The number of nitrogens with zero attached hydrogens (tertiary/aromatic N) is 3. The first-order chi connectivity index (χ1) is 13.9. The molecule has 29 heavy (non-hydrogen) atoms. The molecule has 1 aliphatic rings. The van der Waals surface area contributed by atoms with E-state index < -0.39 is 5.54 Å². The standard InChI is InChI=1S/C21H24N6O2/c1-21(2,23)14-3-5-15(6-4-14)25-19-18-16(7-9-24-20(18)28)27(26-19)17-12-29-10-8-13(17)11-22/h3-7,9,13,17H,8,10,12,23H2,1-2H3,(H,24,28)(H,25,26)/t13?,17-/m0/s1. The number of benzene rings is 1. The molecule has 4 rings (SSSR count). The third-order valence-electron chi connectivity index (χ3n) is 5.33. The highest BCUT2D eigenvalue weighted by Crippen LogP contribution is 2.32. The lowest BCUT2D eigenvalue weighted by molar-refractivity contribution is 0.0359. The Morgan fingerprint density at radius 3 is 2.79 bits per heavy atom. The average molecular weight is 392 g/mol. The van der Waals surface area contributed by atoms with Crippen molar-refractivity contribution < 1.29 is 4.74 Å². The first-order valence-electron chi connectivity index (χ1n) is 9.62. The third-order valence-corrected chi connectivity index (χ3v) is 5.33. The number of rotatable bonds is 4. The fourth-order valence-corrected chi connectivity index (χ4v) is 3.67. The zero-order valence-electron chi connectivity index (χ0n) is 16.5. The molecule has 2 aromatic heterocycles. The molecule has 0 amide bonds. The summed E-state index contributed by atoms with van der Waals surface area (Å²) in [6, 6.07) is 11.6. The Labute approximate surface area is 168 Å². The second-order valence-electron chi connectivity index (χ2n) is 7.95. The van der Waals surface area contributed by atoms with Gasteiger partial charge in [-0.3, -0.25) is 9.48 Å². The second kappa shape index (κ2) is 7.35. The van der Waals surface area contributed by atoms with Crippen LogP contribution in [0.4, 0.5) is 11.5 Å². The van der Waals surface area contributed by atoms with E-state index in [2.05, 4.69) is 21.5 Å². The van der Waals surface area contributed by atoms with Crippen LogP contribution in [0.3, 0.4) is 0 Å². The van der Waals surface area contributed by atoms with Gasteiger partial charge in [-0.05, 0) is 44.0 Å². The molecule has 4 N–H and O–H groups in total. The minimum atomic E-state index is -0.433. The number of fused-ring (bicyclic) bond motifs is 1. The highest BCUT2D eigenvalue weighted by molar-refractivity contribution is 5.91. The van der Waals surface area contributed by atoms with Gasteiger partial charge in [0.1, 0.15) is 5.39 Å². The molecule has 2 atom stereocenters. The second-order valence-corrected chi connectivity index (χ2v) is 7.95. The molecule has 150 valence electrons. The van der Waals surface area contributed by atoms with Crippen molar-refractivity contribution in [3.05, 3.63) is 52.4 Å². The summed E-state index contributed by atoms with van der Waals surface area (Å²) in [5.41, 5.74) is 7.95. The number of aromatic nitrogens is 3. The van der Waals surface area contributed by atoms with E-state index in [0.717, 1.165) is 11.3 Å². The van der Waals surface area contributed by atoms with Crippen LogP contribution in [0.15, 0.2) is 41.3 Å². The van der Waals surface area contributed by atoms with E-state index in [4.69, 9.17) is 10.5 Å². The van der Waals surface area contributed by atoms with Gasteiger partial charge in [-0.15, -0.1) is 0 Å². The van der Waals surface area contributed by atoms with Crippen molar-refractivity contribution >= 4 is 22.4 Å². The van der Waals surface area contributed by atoms with E-state index in [1.165, 1.54) is 0 Å². The van der Waals surface area contributed by atoms with Gasteiger partial charge in [0.25, 0.3) is 5.56 Å². The number of hydrogen-bond acceptors (Lipinski definition) is 6. The summed E-state index contributed by atoms with van der Waals surface area (Å²) in [6.07, 6.45) is 2.24. The highest BCUT2D eigenvalue weighted by Gasteiger charge is 2.30. The summed E-state index contributed by atoms with van der Waals surface area (Å²) in [6.45, 7) is 4.84. The fraction of sp³-hybridized carbons (Fsp3) is 0.381. The van der Waals surface area contributed by atoms with Crippen molar-refractivity contribution in [3.8, 4) is 6.07 Å². The van der Waals surface area contributed by atoms with Gasteiger partial charge in [-0.25, -0.2) is 0 Å². The topological polar surface area (TPSA) is 122 Å². The summed E-state index contributed by atoms with van der Waals surface area (Å²) >= 11 is 0. The fourth-order valence-electron chi connectivity index (χ4n) is 3.67. The molecule has 0 aliphatic carbocycles. The van der Waals surface area contributed by atoms with E-state index in [1.54, 1.807) is 16.9 Å². The lowest BCUT2D eigenvalue weighted by Gasteiger charge is -2.27. The largest absolute Gasteiger partial charge is 0.379 e. The maximum absolute atomic E-state index is 12.6. The predicted octanol–water partition coefficient (Wildman–Crippen LogP) is 2.76. The first-order valence-corrected chi connectivity index (χ1v) is 9.62. The molecule has 1 aromatic carbocycles. The Balaban J connectivity index is 1.75. The van der Waals surface area contributed by atoms with Crippen LogP contribution in [-0.2, 0) is 10.3 Å². The lowest BCUT2D eigenvalue weighted by atomic mass is 9.96. The summed E-state index contributed by atoms with van der Waals surface area (Å²) in [5.74, 6) is 0.230. The smallest absolute Gasteiger partial charge is 0.261 e. The summed E-state index contributed by atoms with van der Waals surface area (Å²) in [7, 11) is 0. The van der Waals surface area contributed by atoms with E-state index in [-0.39, 0.29) is 17.5 Å². The van der Waals surface area contributed by atoms with Gasteiger partial charge in [-0.1, -0.05) is 12.1 Å². The molecule has 0 radical (unpaired) electrons. The molecule has 8 nitrogen and oxygen atoms in total. The first kappa shape index (κ1) is 19.2. The van der Waals surface area contributed by atoms with Gasteiger partial charge in [0.15, 0.2) is 5.82 Å². The normalized spacial score (nSPS) is 19.8. The molecule has 1 aliphatic heterocycles. The van der Waals surface area contributed by atoms with E-state index in [1.807, 2.05) is 38.1 Å². The van der Waals surface area contributed by atoms with Crippen molar-refractivity contribution in [1.82, 2.24) is 14.8 Å². The molecule has 0 bridgehead atoms. The predicted molar refractivity (Wildman–Crippen MR) is 111 cm³/mol. The van der Waals surface area contributed by atoms with Crippen LogP contribution in [0.2, 0.25) is 0 Å². The lowest BCUT2D eigenvalue weighted by Crippen LogP contribution is -2.30. The number of hydrogen-bond donors (Lipinski definition) is 3. The Kier molecular flexibility index (Phi) is 4.86. The molecule has 1 fully saturated rings. The summed E-state index contributed by atoms with van der Waals surface area (Å²) in [4.78, 5) is 15.3. The van der Waals surface area contributed by atoms with Crippen LogP contribution >= 0.6 is 0 Å². The van der Waals surface area contributed by atoms with Crippen molar-refractivity contribution in [3.63, 3.8) is 0 Å².